The molecule has 0 spiro atoms. The van der Waals surface area contributed by atoms with Crippen LogP contribution in [0.1, 0.15) is 18.2 Å². The minimum atomic E-state index is -0.781. The number of aromatic nitrogens is 3. The van der Waals surface area contributed by atoms with Crippen molar-refractivity contribution in [2.45, 2.75) is 12.3 Å². The standard InChI is InChI=1S/C17H12F2N4O2/c18-11-4-5-14(12(19)8-11)23-9-10(7-15(23)24)16-21-17(25-22-16)13-3-1-2-6-20-13/h1-6,8,10H,7,9H2. The third-order valence-electron chi connectivity index (χ3n) is 4.02. The Labute approximate surface area is 141 Å². The van der Waals surface area contributed by atoms with E-state index in [0.717, 1.165) is 12.1 Å². The number of halogens is 2. The molecule has 1 saturated heterocycles. The van der Waals surface area contributed by atoms with Crippen molar-refractivity contribution in [1.82, 2.24) is 15.1 Å². The van der Waals surface area contributed by atoms with E-state index in [-0.39, 0.29) is 36.4 Å². The van der Waals surface area contributed by atoms with Crippen molar-refractivity contribution in [1.29, 1.82) is 0 Å². The minimum absolute atomic E-state index is 0.0438. The molecular formula is C17H12F2N4O2. The van der Waals surface area contributed by atoms with Crippen LogP contribution in [0.5, 0.6) is 0 Å². The molecule has 0 bridgehead atoms. The molecule has 1 aliphatic rings. The summed E-state index contributed by atoms with van der Waals surface area (Å²) in [6.45, 7) is 0.197. The molecule has 1 amide bonds. The topological polar surface area (TPSA) is 72.1 Å². The van der Waals surface area contributed by atoms with Crippen LogP contribution >= 0.6 is 0 Å². The molecule has 3 heterocycles. The molecule has 126 valence electrons. The van der Waals surface area contributed by atoms with Crippen molar-refractivity contribution in [3.8, 4) is 11.6 Å². The number of carbonyl (C=O) groups excluding carboxylic acids is 1. The Balaban J connectivity index is 1.57. The molecule has 6 nitrogen and oxygen atoms in total. The highest BCUT2D eigenvalue weighted by Gasteiger charge is 2.35. The fourth-order valence-electron chi connectivity index (χ4n) is 2.81. The number of hydrogen-bond acceptors (Lipinski definition) is 5. The van der Waals surface area contributed by atoms with E-state index in [9.17, 15) is 13.6 Å². The second kappa shape index (κ2) is 6.04. The van der Waals surface area contributed by atoms with E-state index in [1.54, 1.807) is 24.4 Å². The highest BCUT2D eigenvalue weighted by molar-refractivity contribution is 5.96. The summed E-state index contributed by atoms with van der Waals surface area (Å²) in [6.07, 6.45) is 1.73. The molecule has 0 radical (unpaired) electrons. The molecule has 4 rings (SSSR count). The van der Waals surface area contributed by atoms with Gasteiger partial charge in [0.1, 0.15) is 17.3 Å². The molecule has 1 unspecified atom stereocenters. The zero-order valence-corrected chi connectivity index (χ0v) is 12.9. The zero-order chi connectivity index (χ0) is 17.4. The first-order chi connectivity index (χ1) is 12.1. The molecule has 25 heavy (non-hydrogen) atoms. The summed E-state index contributed by atoms with van der Waals surface area (Å²) in [7, 11) is 0. The summed E-state index contributed by atoms with van der Waals surface area (Å²) >= 11 is 0. The average Bonchev–Trinajstić information content (AvgIpc) is 3.23. The summed E-state index contributed by atoms with van der Waals surface area (Å²) < 4.78 is 32.2. The van der Waals surface area contributed by atoms with Gasteiger partial charge in [0.05, 0.1) is 5.69 Å². The number of benzene rings is 1. The predicted octanol–water partition coefficient (Wildman–Crippen LogP) is 2.93. The average molecular weight is 342 g/mol. The van der Waals surface area contributed by atoms with Gasteiger partial charge in [-0.15, -0.1) is 0 Å². The Morgan fingerprint density at radius 3 is 2.84 bits per heavy atom. The van der Waals surface area contributed by atoms with E-state index in [1.165, 1.54) is 11.0 Å². The number of pyridine rings is 1. The molecule has 1 fully saturated rings. The van der Waals surface area contributed by atoms with E-state index in [2.05, 4.69) is 15.1 Å². The Morgan fingerprint density at radius 2 is 2.08 bits per heavy atom. The number of hydrogen-bond donors (Lipinski definition) is 0. The normalized spacial score (nSPS) is 17.3. The number of nitrogens with zero attached hydrogens (tertiary/aromatic N) is 4. The maximum absolute atomic E-state index is 13.9. The lowest BCUT2D eigenvalue weighted by molar-refractivity contribution is -0.117. The van der Waals surface area contributed by atoms with Crippen molar-refractivity contribution in [2.24, 2.45) is 0 Å². The van der Waals surface area contributed by atoms with Gasteiger partial charge in [-0.2, -0.15) is 4.98 Å². The summed E-state index contributed by atoms with van der Waals surface area (Å²) in [5.41, 5.74) is 0.578. The van der Waals surface area contributed by atoms with Crippen molar-refractivity contribution in [2.75, 3.05) is 11.4 Å². The van der Waals surface area contributed by atoms with E-state index in [0.29, 0.717) is 11.5 Å². The van der Waals surface area contributed by atoms with Crippen LogP contribution in [0.4, 0.5) is 14.5 Å². The Hall–Kier alpha value is -3.16. The van der Waals surface area contributed by atoms with Crippen LogP contribution in [0.25, 0.3) is 11.6 Å². The smallest absolute Gasteiger partial charge is 0.276 e. The lowest BCUT2D eigenvalue weighted by Crippen LogP contribution is -2.25. The molecule has 1 aromatic carbocycles. The monoisotopic (exact) mass is 342 g/mol. The molecule has 0 N–H and O–H groups in total. The van der Waals surface area contributed by atoms with Gasteiger partial charge in [-0.3, -0.25) is 9.78 Å². The van der Waals surface area contributed by atoms with E-state index < -0.39 is 11.6 Å². The third-order valence-corrected chi connectivity index (χ3v) is 4.02. The van der Waals surface area contributed by atoms with Crippen LogP contribution in [0.3, 0.4) is 0 Å². The van der Waals surface area contributed by atoms with Gasteiger partial charge in [-0.1, -0.05) is 11.2 Å². The molecular weight excluding hydrogens is 330 g/mol. The molecule has 0 saturated carbocycles. The first-order valence-electron chi connectivity index (χ1n) is 7.62. The number of amides is 1. The second-order valence-electron chi connectivity index (χ2n) is 5.67. The van der Waals surface area contributed by atoms with Gasteiger partial charge < -0.3 is 9.42 Å². The lowest BCUT2D eigenvalue weighted by atomic mass is 10.1. The van der Waals surface area contributed by atoms with Gasteiger partial charge in [-0.05, 0) is 24.3 Å². The van der Waals surface area contributed by atoms with Gasteiger partial charge in [0.15, 0.2) is 5.82 Å². The fourth-order valence-corrected chi connectivity index (χ4v) is 2.81. The molecule has 3 aromatic rings. The highest BCUT2D eigenvalue weighted by atomic mass is 19.1. The Kier molecular flexibility index (Phi) is 3.72. The van der Waals surface area contributed by atoms with Crippen molar-refractivity contribution in [3.05, 3.63) is 60.1 Å². The van der Waals surface area contributed by atoms with Crippen LogP contribution in [-0.2, 0) is 4.79 Å². The van der Waals surface area contributed by atoms with Gasteiger partial charge in [0, 0.05) is 31.1 Å². The lowest BCUT2D eigenvalue weighted by Gasteiger charge is -2.16. The SMILES string of the molecule is O=C1CC(c2noc(-c3ccccn3)n2)CN1c1ccc(F)cc1F. The van der Waals surface area contributed by atoms with E-state index in [4.69, 9.17) is 4.52 Å². The van der Waals surface area contributed by atoms with Crippen LogP contribution in [0.2, 0.25) is 0 Å². The van der Waals surface area contributed by atoms with Crippen LogP contribution in [0, 0.1) is 11.6 Å². The summed E-state index contributed by atoms with van der Waals surface area (Å²) in [5.74, 6) is -1.47. The molecule has 2 aromatic heterocycles. The first-order valence-corrected chi connectivity index (χ1v) is 7.62. The predicted molar refractivity (Wildman–Crippen MR) is 83.6 cm³/mol. The van der Waals surface area contributed by atoms with Crippen molar-refractivity contribution < 1.29 is 18.1 Å². The van der Waals surface area contributed by atoms with Crippen LogP contribution in [-0.4, -0.2) is 27.6 Å². The molecule has 0 aliphatic carbocycles. The summed E-state index contributed by atoms with van der Waals surface area (Å²) in [5, 5.41) is 3.91. The van der Waals surface area contributed by atoms with Crippen molar-refractivity contribution in [3.63, 3.8) is 0 Å². The molecule has 8 heteroatoms. The van der Waals surface area contributed by atoms with E-state index >= 15 is 0 Å². The second-order valence-corrected chi connectivity index (χ2v) is 5.67. The van der Waals surface area contributed by atoms with Crippen LogP contribution < -0.4 is 4.90 Å². The number of rotatable bonds is 3. The van der Waals surface area contributed by atoms with Gasteiger partial charge in [0.2, 0.25) is 5.91 Å². The van der Waals surface area contributed by atoms with E-state index in [1.807, 2.05) is 0 Å². The highest BCUT2D eigenvalue weighted by Crippen LogP contribution is 2.32. The fraction of sp³-hybridized carbons (Fsp3) is 0.176. The summed E-state index contributed by atoms with van der Waals surface area (Å²) in [6, 6.07) is 8.42. The third kappa shape index (κ3) is 2.86. The zero-order valence-electron chi connectivity index (χ0n) is 12.9. The number of anilines is 1. The Morgan fingerprint density at radius 1 is 1.20 bits per heavy atom. The van der Waals surface area contributed by atoms with Crippen molar-refractivity contribution >= 4 is 11.6 Å². The van der Waals surface area contributed by atoms with Gasteiger partial charge in [-0.25, -0.2) is 8.78 Å². The van der Waals surface area contributed by atoms with Crippen LogP contribution in [0.15, 0.2) is 47.1 Å². The minimum Gasteiger partial charge on any atom is -0.332 e. The largest absolute Gasteiger partial charge is 0.332 e. The maximum Gasteiger partial charge on any atom is 0.276 e. The Bertz CT molecular complexity index is 929. The van der Waals surface area contributed by atoms with Gasteiger partial charge in [0.25, 0.3) is 5.89 Å². The van der Waals surface area contributed by atoms with Gasteiger partial charge >= 0.3 is 0 Å². The first kappa shape index (κ1) is 15.4. The molecule has 1 aliphatic heterocycles. The number of carbonyl (C=O) groups is 1. The quantitative estimate of drug-likeness (QED) is 0.732. The maximum atomic E-state index is 13.9. The molecule has 1 atom stereocenters. The summed E-state index contributed by atoms with van der Waals surface area (Å²) in [4.78, 5) is 21.9.